The van der Waals surface area contributed by atoms with E-state index in [1.807, 2.05) is 25.1 Å². The Morgan fingerprint density at radius 2 is 1.72 bits per heavy atom. The van der Waals surface area contributed by atoms with Crippen LogP contribution in [0.4, 0.5) is 16.2 Å². The molecule has 0 atom stereocenters. The Bertz CT molecular complexity index is 1420. The van der Waals surface area contributed by atoms with Crippen molar-refractivity contribution >= 4 is 64.4 Å². The molecule has 1 fully saturated rings. The number of imide groups is 2. The SMILES string of the molecule is Cc1ccccc1NC(=O)COc1ccccc1/C=C1/C(=O)NC(=O)N(c2ccc(Cl)c(Cl)c2)C1=O. The van der Waals surface area contributed by atoms with Gasteiger partial charge in [0.2, 0.25) is 0 Å². The summed E-state index contributed by atoms with van der Waals surface area (Å²) >= 11 is 12.0. The first-order valence-corrected chi connectivity index (χ1v) is 11.4. The van der Waals surface area contributed by atoms with E-state index in [9.17, 15) is 19.2 Å². The van der Waals surface area contributed by atoms with Crippen molar-refractivity contribution < 1.29 is 23.9 Å². The molecule has 36 heavy (non-hydrogen) atoms. The zero-order valence-corrected chi connectivity index (χ0v) is 20.4. The molecule has 3 aromatic rings. The van der Waals surface area contributed by atoms with Crippen LogP contribution in [0.1, 0.15) is 11.1 Å². The summed E-state index contributed by atoms with van der Waals surface area (Å²) in [7, 11) is 0. The summed E-state index contributed by atoms with van der Waals surface area (Å²) in [5.74, 6) is -1.83. The Hall–Kier alpha value is -4.14. The molecule has 1 heterocycles. The number of halogens is 2. The first-order valence-electron chi connectivity index (χ1n) is 10.7. The van der Waals surface area contributed by atoms with Gasteiger partial charge in [-0.1, -0.05) is 59.6 Å². The highest BCUT2D eigenvalue weighted by Gasteiger charge is 2.37. The fourth-order valence-electron chi connectivity index (χ4n) is 3.45. The minimum Gasteiger partial charge on any atom is -0.483 e. The number of nitrogens with zero attached hydrogens (tertiary/aromatic N) is 1. The predicted octanol–water partition coefficient (Wildman–Crippen LogP) is 4.99. The van der Waals surface area contributed by atoms with E-state index in [-0.39, 0.29) is 39.6 Å². The van der Waals surface area contributed by atoms with Gasteiger partial charge in [0.15, 0.2) is 6.61 Å². The number of nitrogens with one attached hydrogen (secondary N) is 2. The van der Waals surface area contributed by atoms with E-state index >= 15 is 0 Å². The second kappa shape index (κ2) is 10.6. The Kier molecular flexibility index (Phi) is 7.38. The molecular weight excluding hydrogens is 505 g/mol. The molecule has 0 aliphatic carbocycles. The Balaban J connectivity index is 1.56. The lowest BCUT2D eigenvalue weighted by molar-refractivity contribution is -0.122. The van der Waals surface area contributed by atoms with Crippen molar-refractivity contribution in [1.29, 1.82) is 0 Å². The number of hydrogen-bond acceptors (Lipinski definition) is 5. The molecule has 1 aliphatic rings. The van der Waals surface area contributed by atoms with E-state index in [1.165, 1.54) is 24.3 Å². The molecule has 0 radical (unpaired) electrons. The van der Waals surface area contributed by atoms with Crippen LogP contribution in [0, 0.1) is 6.92 Å². The fourth-order valence-corrected chi connectivity index (χ4v) is 3.74. The zero-order valence-electron chi connectivity index (χ0n) is 18.9. The molecule has 0 saturated carbocycles. The summed E-state index contributed by atoms with van der Waals surface area (Å²) in [6.45, 7) is 1.57. The topological polar surface area (TPSA) is 105 Å². The highest BCUT2D eigenvalue weighted by Crippen LogP contribution is 2.30. The van der Waals surface area contributed by atoms with Crippen LogP contribution in [-0.2, 0) is 14.4 Å². The molecular formula is C26H19Cl2N3O5. The van der Waals surface area contributed by atoms with E-state index in [2.05, 4.69) is 10.6 Å². The van der Waals surface area contributed by atoms with Crippen molar-refractivity contribution in [2.24, 2.45) is 0 Å². The fraction of sp³-hybridized carbons (Fsp3) is 0.0769. The molecule has 0 unspecified atom stereocenters. The maximum absolute atomic E-state index is 13.2. The number of carbonyl (C=O) groups is 4. The number of ether oxygens (including phenoxy) is 1. The van der Waals surface area contributed by atoms with Crippen LogP contribution in [0.5, 0.6) is 5.75 Å². The van der Waals surface area contributed by atoms with Crippen molar-refractivity contribution in [2.45, 2.75) is 6.92 Å². The van der Waals surface area contributed by atoms with Gasteiger partial charge in [0.1, 0.15) is 11.3 Å². The second-order valence-corrected chi connectivity index (χ2v) is 8.56. The van der Waals surface area contributed by atoms with Gasteiger partial charge < -0.3 is 10.1 Å². The van der Waals surface area contributed by atoms with E-state index in [0.717, 1.165) is 10.5 Å². The zero-order chi connectivity index (χ0) is 25.8. The van der Waals surface area contributed by atoms with E-state index in [1.54, 1.807) is 30.3 Å². The number of amides is 5. The van der Waals surface area contributed by atoms with Gasteiger partial charge >= 0.3 is 6.03 Å². The van der Waals surface area contributed by atoms with Gasteiger partial charge in [-0.15, -0.1) is 0 Å². The van der Waals surface area contributed by atoms with Gasteiger partial charge in [0.05, 0.1) is 15.7 Å². The number of rotatable bonds is 6. The minimum absolute atomic E-state index is 0.139. The molecule has 182 valence electrons. The smallest absolute Gasteiger partial charge is 0.335 e. The maximum atomic E-state index is 13.2. The van der Waals surface area contributed by atoms with Crippen molar-refractivity contribution in [1.82, 2.24) is 5.32 Å². The summed E-state index contributed by atoms with van der Waals surface area (Å²) in [6, 6.07) is 17.2. The average Bonchev–Trinajstić information content (AvgIpc) is 2.84. The lowest BCUT2D eigenvalue weighted by Crippen LogP contribution is -2.54. The quantitative estimate of drug-likeness (QED) is 0.350. The molecule has 8 nitrogen and oxygen atoms in total. The first kappa shape index (κ1) is 25.0. The van der Waals surface area contributed by atoms with Crippen LogP contribution in [-0.4, -0.2) is 30.4 Å². The van der Waals surface area contributed by atoms with E-state index in [4.69, 9.17) is 27.9 Å². The monoisotopic (exact) mass is 523 g/mol. The van der Waals surface area contributed by atoms with Crippen molar-refractivity contribution in [3.05, 3.63) is 93.5 Å². The van der Waals surface area contributed by atoms with Gasteiger partial charge in [-0.3, -0.25) is 19.7 Å². The van der Waals surface area contributed by atoms with Crippen LogP contribution >= 0.6 is 23.2 Å². The number of para-hydroxylation sites is 2. The summed E-state index contributed by atoms with van der Waals surface area (Å²) < 4.78 is 5.67. The highest BCUT2D eigenvalue weighted by molar-refractivity contribution is 6.43. The van der Waals surface area contributed by atoms with Crippen LogP contribution in [0.2, 0.25) is 10.0 Å². The number of urea groups is 1. The average molecular weight is 524 g/mol. The summed E-state index contributed by atoms with van der Waals surface area (Å²) in [5.41, 5.74) is 1.77. The van der Waals surface area contributed by atoms with Gasteiger partial charge in [-0.05, 0) is 48.9 Å². The van der Waals surface area contributed by atoms with Gasteiger partial charge in [0, 0.05) is 11.3 Å². The van der Waals surface area contributed by atoms with Crippen LogP contribution in [0.3, 0.4) is 0 Å². The summed E-state index contributed by atoms with van der Waals surface area (Å²) in [4.78, 5) is 51.3. The number of anilines is 2. The first-order chi connectivity index (χ1) is 17.2. The van der Waals surface area contributed by atoms with Crippen LogP contribution < -0.4 is 20.3 Å². The molecule has 1 aliphatic heterocycles. The summed E-state index contributed by atoms with van der Waals surface area (Å²) in [5, 5.41) is 5.30. The lowest BCUT2D eigenvalue weighted by Gasteiger charge is -2.26. The summed E-state index contributed by atoms with van der Waals surface area (Å²) in [6.07, 6.45) is 1.29. The Morgan fingerprint density at radius 3 is 2.47 bits per heavy atom. The lowest BCUT2D eigenvalue weighted by atomic mass is 10.1. The molecule has 10 heteroatoms. The molecule has 1 saturated heterocycles. The minimum atomic E-state index is -0.919. The number of hydrogen-bond donors (Lipinski definition) is 2. The third-order valence-electron chi connectivity index (χ3n) is 5.26. The molecule has 3 aromatic carbocycles. The number of benzene rings is 3. The third kappa shape index (κ3) is 5.40. The molecule has 0 aromatic heterocycles. The van der Waals surface area contributed by atoms with E-state index < -0.39 is 17.8 Å². The van der Waals surface area contributed by atoms with Gasteiger partial charge in [0.25, 0.3) is 17.7 Å². The van der Waals surface area contributed by atoms with E-state index in [0.29, 0.717) is 11.3 Å². The Morgan fingerprint density at radius 1 is 1.00 bits per heavy atom. The molecule has 0 bridgehead atoms. The molecule has 2 N–H and O–H groups in total. The standard InChI is InChI=1S/C26H19Cl2N3O5/c1-15-6-2-4-8-21(15)29-23(32)14-36-22-9-5-3-7-16(22)12-18-24(33)30-26(35)31(25(18)34)17-10-11-19(27)20(28)13-17/h2-13H,14H2,1H3,(H,29,32)(H,30,33,35)/b18-12-. The van der Waals surface area contributed by atoms with Crippen LogP contribution in [0.25, 0.3) is 6.08 Å². The third-order valence-corrected chi connectivity index (χ3v) is 6.00. The largest absolute Gasteiger partial charge is 0.483 e. The van der Waals surface area contributed by atoms with Crippen LogP contribution in [0.15, 0.2) is 72.3 Å². The number of barbiturate groups is 1. The normalized spacial score (nSPS) is 14.6. The maximum Gasteiger partial charge on any atom is 0.335 e. The van der Waals surface area contributed by atoms with Gasteiger partial charge in [-0.25, -0.2) is 9.69 Å². The molecule has 4 rings (SSSR count). The van der Waals surface area contributed by atoms with Crippen molar-refractivity contribution in [3.8, 4) is 5.75 Å². The second-order valence-electron chi connectivity index (χ2n) is 7.75. The van der Waals surface area contributed by atoms with Crippen molar-refractivity contribution in [3.63, 3.8) is 0 Å². The number of aryl methyl sites for hydroxylation is 1. The Labute approximate surface area is 216 Å². The van der Waals surface area contributed by atoms with Crippen molar-refractivity contribution in [2.75, 3.05) is 16.8 Å². The predicted molar refractivity (Wildman–Crippen MR) is 137 cm³/mol. The number of carbonyl (C=O) groups excluding carboxylic acids is 4. The highest BCUT2D eigenvalue weighted by atomic mass is 35.5. The molecule has 5 amide bonds. The van der Waals surface area contributed by atoms with Gasteiger partial charge in [-0.2, -0.15) is 0 Å². The molecule has 0 spiro atoms.